The van der Waals surface area contributed by atoms with Crippen LogP contribution in [0.1, 0.15) is 10.4 Å². The van der Waals surface area contributed by atoms with Gasteiger partial charge in [0, 0.05) is 36.8 Å². The minimum atomic E-state index is 0.144. The van der Waals surface area contributed by atoms with Crippen LogP contribution >= 0.6 is 22.9 Å². The highest BCUT2D eigenvalue weighted by Crippen LogP contribution is 2.29. The zero-order valence-electron chi connectivity index (χ0n) is 13.7. The minimum Gasteiger partial charge on any atom is -0.345 e. The van der Waals surface area contributed by atoms with Gasteiger partial charge in [0.25, 0.3) is 0 Å². The second-order valence-electron chi connectivity index (χ2n) is 6.16. The van der Waals surface area contributed by atoms with Crippen molar-refractivity contribution in [3.05, 3.63) is 59.1 Å². The molecule has 0 N–H and O–H groups in total. The first-order chi connectivity index (χ1) is 12.2. The summed E-state index contributed by atoms with van der Waals surface area (Å²) in [5, 5.41) is 1.73. The highest BCUT2D eigenvalue weighted by Gasteiger charge is 2.21. The normalized spacial score (nSPS) is 15.6. The number of fused-ring (bicyclic) bond motifs is 1. The predicted molar refractivity (Wildman–Crippen MR) is 104 cm³/mol. The Bertz CT molecular complexity index is 852. The predicted octanol–water partition coefficient (Wildman–Crippen LogP) is 3.95. The number of halogens is 1. The Kier molecular flexibility index (Phi) is 4.70. The van der Waals surface area contributed by atoms with Gasteiger partial charge in [-0.05, 0) is 36.4 Å². The van der Waals surface area contributed by atoms with Crippen LogP contribution in [0.5, 0.6) is 0 Å². The van der Waals surface area contributed by atoms with E-state index in [0.29, 0.717) is 11.6 Å². The van der Waals surface area contributed by atoms with E-state index in [2.05, 4.69) is 21.9 Å². The standard InChI is InChI=1S/C19H18ClN3OS/c20-15-7-5-14(6-8-15)17(24)13-22-9-11-23(12-10-22)19-21-16-3-1-2-4-18(16)25-19/h1-8H,9-13H2. The van der Waals surface area contributed by atoms with Crippen molar-refractivity contribution in [2.45, 2.75) is 0 Å². The Balaban J connectivity index is 1.36. The molecule has 1 aliphatic rings. The van der Waals surface area contributed by atoms with Gasteiger partial charge in [0.05, 0.1) is 16.8 Å². The molecule has 3 aromatic rings. The molecule has 0 spiro atoms. The Morgan fingerprint density at radius 3 is 2.48 bits per heavy atom. The molecule has 0 bridgehead atoms. The lowest BCUT2D eigenvalue weighted by Crippen LogP contribution is -2.48. The van der Waals surface area contributed by atoms with Crippen LogP contribution in [0.2, 0.25) is 5.02 Å². The molecule has 4 nitrogen and oxygen atoms in total. The van der Waals surface area contributed by atoms with Gasteiger partial charge in [0.1, 0.15) is 0 Å². The number of carbonyl (C=O) groups is 1. The van der Waals surface area contributed by atoms with Crippen molar-refractivity contribution >= 4 is 44.1 Å². The number of ketones is 1. The quantitative estimate of drug-likeness (QED) is 0.650. The molecular weight excluding hydrogens is 354 g/mol. The Hall–Kier alpha value is -1.95. The average Bonchev–Trinajstić information content (AvgIpc) is 3.07. The minimum absolute atomic E-state index is 0.144. The van der Waals surface area contributed by atoms with Gasteiger partial charge in [0.15, 0.2) is 10.9 Å². The fraction of sp³-hybridized carbons (Fsp3) is 0.263. The smallest absolute Gasteiger partial charge is 0.186 e. The van der Waals surface area contributed by atoms with E-state index in [0.717, 1.165) is 42.4 Å². The van der Waals surface area contributed by atoms with Crippen molar-refractivity contribution in [3.63, 3.8) is 0 Å². The third-order valence-corrected chi connectivity index (χ3v) is 5.81. The monoisotopic (exact) mass is 371 g/mol. The van der Waals surface area contributed by atoms with E-state index in [1.165, 1.54) is 4.70 Å². The molecule has 0 radical (unpaired) electrons. The van der Waals surface area contributed by atoms with Crippen molar-refractivity contribution in [2.24, 2.45) is 0 Å². The molecule has 128 valence electrons. The molecule has 1 aromatic heterocycles. The summed E-state index contributed by atoms with van der Waals surface area (Å²) >= 11 is 7.61. The summed E-state index contributed by atoms with van der Waals surface area (Å²) in [6.07, 6.45) is 0. The van der Waals surface area contributed by atoms with E-state index in [9.17, 15) is 4.79 Å². The molecule has 2 heterocycles. The fourth-order valence-electron chi connectivity index (χ4n) is 3.02. The summed E-state index contributed by atoms with van der Waals surface area (Å²) in [6, 6.07) is 15.3. The van der Waals surface area contributed by atoms with Gasteiger partial charge < -0.3 is 4.90 Å². The zero-order valence-corrected chi connectivity index (χ0v) is 15.3. The van der Waals surface area contributed by atoms with Crippen molar-refractivity contribution < 1.29 is 4.79 Å². The van der Waals surface area contributed by atoms with Gasteiger partial charge in [-0.2, -0.15) is 0 Å². The number of para-hydroxylation sites is 1. The Labute approximate surface area is 155 Å². The summed E-state index contributed by atoms with van der Waals surface area (Å²) < 4.78 is 1.22. The van der Waals surface area contributed by atoms with Crippen LogP contribution in [-0.4, -0.2) is 48.4 Å². The number of aromatic nitrogens is 1. The molecule has 0 aliphatic carbocycles. The van der Waals surface area contributed by atoms with E-state index >= 15 is 0 Å². The molecular formula is C19H18ClN3OS. The van der Waals surface area contributed by atoms with Gasteiger partial charge in [-0.3, -0.25) is 9.69 Å². The van der Waals surface area contributed by atoms with E-state index in [-0.39, 0.29) is 5.78 Å². The second kappa shape index (κ2) is 7.12. The molecule has 0 amide bonds. The highest BCUT2D eigenvalue weighted by atomic mass is 35.5. The molecule has 6 heteroatoms. The molecule has 1 saturated heterocycles. The third kappa shape index (κ3) is 3.68. The molecule has 1 aliphatic heterocycles. The average molecular weight is 372 g/mol. The number of carbonyl (C=O) groups excluding carboxylic acids is 1. The van der Waals surface area contributed by atoms with E-state index < -0.39 is 0 Å². The largest absolute Gasteiger partial charge is 0.345 e. The first-order valence-electron chi connectivity index (χ1n) is 8.31. The van der Waals surface area contributed by atoms with Crippen molar-refractivity contribution in [2.75, 3.05) is 37.6 Å². The number of benzene rings is 2. The molecule has 1 fully saturated rings. The van der Waals surface area contributed by atoms with Crippen LogP contribution in [0.25, 0.3) is 10.2 Å². The number of Topliss-reactive ketones (excluding diaryl/α,β-unsaturated/α-hetero) is 1. The molecule has 0 atom stereocenters. The summed E-state index contributed by atoms with van der Waals surface area (Å²) in [5.74, 6) is 0.144. The molecule has 0 unspecified atom stereocenters. The van der Waals surface area contributed by atoms with Crippen molar-refractivity contribution in [1.82, 2.24) is 9.88 Å². The fourth-order valence-corrected chi connectivity index (χ4v) is 4.17. The number of thiazole rings is 1. The number of anilines is 1. The Morgan fingerprint density at radius 2 is 1.76 bits per heavy atom. The number of hydrogen-bond donors (Lipinski definition) is 0. The van der Waals surface area contributed by atoms with Crippen molar-refractivity contribution in [3.8, 4) is 0 Å². The van der Waals surface area contributed by atoms with Crippen molar-refractivity contribution in [1.29, 1.82) is 0 Å². The lowest BCUT2D eigenvalue weighted by Gasteiger charge is -2.34. The van der Waals surface area contributed by atoms with Crippen LogP contribution in [0, 0.1) is 0 Å². The van der Waals surface area contributed by atoms with Crippen LogP contribution in [0.3, 0.4) is 0 Å². The first kappa shape index (κ1) is 16.5. The summed E-state index contributed by atoms with van der Waals surface area (Å²) in [4.78, 5) is 21.6. The van der Waals surface area contributed by atoms with Gasteiger partial charge in [-0.15, -0.1) is 0 Å². The summed E-state index contributed by atoms with van der Waals surface area (Å²) in [6.45, 7) is 3.99. The molecule has 25 heavy (non-hydrogen) atoms. The van der Waals surface area contributed by atoms with Crippen LogP contribution in [-0.2, 0) is 0 Å². The van der Waals surface area contributed by atoms with E-state index in [1.54, 1.807) is 35.6 Å². The zero-order chi connectivity index (χ0) is 17.2. The number of piperazine rings is 1. The van der Waals surface area contributed by atoms with Crippen LogP contribution in [0.15, 0.2) is 48.5 Å². The van der Waals surface area contributed by atoms with Gasteiger partial charge >= 0.3 is 0 Å². The molecule has 4 rings (SSSR count). The lowest BCUT2D eigenvalue weighted by molar-refractivity contribution is 0.0926. The topological polar surface area (TPSA) is 36.4 Å². The number of rotatable bonds is 4. The molecule has 0 saturated carbocycles. The maximum atomic E-state index is 12.4. The summed E-state index contributed by atoms with van der Waals surface area (Å²) in [7, 11) is 0. The van der Waals surface area contributed by atoms with E-state index in [1.807, 2.05) is 12.1 Å². The maximum Gasteiger partial charge on any atom is 0.186 e. The summed E-state index contributed by atoms with van der Waals surface area (Å²) in [5.41, 5.74) is 1.78. The first-order valence-corrected chi connectivity index (χ1v) is 9.50. The maximum absolute atomic E-state index is 12.4. The van der Waals surface area contributed by atoms with Gasteiger partial charge in [0.2, 0.25) is 0 Å². The van der Waals surface area contributed by atoms with Crippen LogP contribution < -0.4 is 4.90 Å². The van der Waals surface area contributed by atoms with Gasteiger partial charge in [-0.1, -0.05) is 35.1 Å². The number of hydrogen-bond acceptors (Lipinski definition) is 5. The van der Waals surface area contributed by atoms with E-state index in [4.69, 9.17) is 16.6 Å². The molecule has 2 aromatic carbocycles. The second-order valence-corrected chi connectivity index (χ2v) is 7.60. The number of nitrogens with zero attached hydrogens (tertiary/aromatic N) is 3. The Morgan fingerprint density at radius 1 is 1.04 bits per heavy atom. The van der Waals surface area contributed by atoms with Crippen LogP contribution in [0.4, 0.5) is 5.13 Å². The highest BCUT2D eigenvalue weighted by molar-refractivity contribution is 7.22. The third-order valence-electron chi connectivity index (χ3n) is 4.46. The van der Waals surface area contributed by atoms with Gasteiger partial charge in [-0.25, -0.2) is 4.98 Å². The SMILES string of the molecule is O=C(CN1CCN(c2nc3ccccc3s2)CC1)c1ccc(Cl)cc1. The lowest BCUT2D eigenvalue weighted by atomic mass is 10.1.